The summed E-state index contributed by atoms with van der Waals surface area (Å²) >= 11 is 0. The third kappa shape index (κ3) is 3.60. The number of ether oxygens (including phenoxy) is 2. The Morgan fingerprint density at radius 2 is 2.16 bits per heavy atom. The van der Waals surface area contributed by atoms with Gasteiger partial charge in [0.2, 0.25) is 5.82 Å². The highest BCUT2D eigenvalue weighted by Gasteiger charge is 2.40. The number of hydrogen-bond donors (Lipinski definition) is 0. The van der Waals surface area contributed by atoms with Crippen molar-refractivity contribution in [3.8, 4) is 5.88 Å². The van der Waals surface area contributed by atoms with Gasteiger partial charge < -0.3 is 14.4 Å². The van der Waals surface area contributed by atoms with Crippen LogP contribution in [0.25, 0.3) is 5.57 Å². The predicted octanol–water partition coefficient (Wildman–Crippen LogP) is 3.20. The zero-order chi connectivity index (χ0) is 20.9. The van der Waals surface area contributed by atoms with E-state index < -0.39 is 24.3 Å². The van der Waals surface area contributed by atoms with Crippen LogP contribution in [-0.4, -0.2) is 46.7 Å². The van der Waals surface area contributed by atoms with Gasteiger partial charge in [-0.2, -0.15) is 9.37 Å². The molecular weight excluding hydrogens is 325 g/mol. The van der Waals surface area contributed by atoms with E-state index >= 15 is 0 Å². The normalized spacial score (nSPS) is 24.9. The number of amides is 1. The number of rotatable bonds is 2. The molecule has 0 saturated carbocycles. The van der Waals surface area contributed by atoms with E-state index in [1.54, 1.807) is 4.90 Å². The van der Waals surface area contributed by atoms with Crippen LogP contribution in [0.4, 0.5) is 9.18 Å². The van der Waals surface area contributed by atoms with Crippen LogP contribution in [0.5, 0.6) is 5.88 Å². The van der Waals surface area contributed by atoms with E-state index in [0.717, 1.165) is 5.57 Å². The second-order valence-electron chi connectivity index (χ2n) is 7.56. The van der Waals surface area contributed by atoms with E-state index in [1.165, 1.54) is 6.92 Å². The van der Waals surface area contributed by atoms with Gasteiger partial charge in [0.25, 0.3) is 5.88 Å². The lowest BCUT2D eigenvalue weighted by atomic mass is 10.00. The average molecular weight is 352 g/mol. The smallest absolute Gasteiger partial charge is 0.410 e. The minimum absolute atomic E-state index is 0.0255. The number of allylic oxidation sites excluding steroid dienone is 1. The molecular formula is C18H24FN3O3. The molecule has 0 bridgehead atoms. The maximum absolute atomic E-state index is 14.1. The van der Waals surface area contributed by atoms with Crippen molar-refractivity contribution in [3.05, 3.63) is 23.4 Å². The molecule has 7 heteroatoms. The molecule has 1 aromatic heterocycles. The summed E-state index contributed by atoms with van der Waals surface area (Å²) in [5, 5.41) is 0. The molecule has 2 unspecified atom stereocenters. The van der Waals surface area contributed by atoms with Crippen LogP contribution in [0.1, 0.15) is 42.8 Å². The van der Waals surface area contributed by atoms with Crippen molar-refractivity contribution in [2.45, 2.75) is 39.7 Å². The monoisotopic (exact) mass is 352 g/mol. The van der Waals surface area contributed by atoms with E-state index in [9.17, 15) is 9.18 Å². The molecule has 1 fully saturated rings. The van der Waals surface area contributed by atoms with Crippen LogP contribution < -0.4 is 4.74 Å². The van der Waals surface area contributed by atoms with Crippen LogP contribution in [0, 0.1) is 24.6 Å². The number of carbonyl (C=O) groups is 1. The van der Waals surface area contributed by atoms with Crippen molar-refractivity contribution >= 4 is 11.7 Å². The van der Waals surface area contributed by atoms with Crippen LogP contribution in [0.15, 0.2) is 6.08 Å². The fraction of sp³-hybridized carbons (Fsp3) is 0.611. The van der Waals surface area contributed by atoms with Crippen molar-refractivity contribution < 1.29 is 22.8 Å². The summed E-state index contributed by atoms with van der Waals surface area (Å²) in [5.41, 5.74) is 0.281. The molecule has 1 saturated heterocycles. The molecule has 2 aliphatic rings. The summed E-state index contributed by atoms with van der Waals surface area (Å²) in [7, 11) is -2.80. The molecule has 25 heavy (non-hydrogen) atoms. The summed E-state index contributed by atoms with van der Waals surface area (Å²) < 4.78 is 45.7. The van der Waals surface area contributed by atoms with Gasteiger partial charge in [-0.15, -0.1) is 0 Å². The maximum Gasteiger partial charge on any atom is 0.410 e. The molecule has 1 aliphatic carbocycles. The lowest BCUT2D eigenvalue weighted by molar-refractivity contribution is 0.0285. The SMILES string of the molecule is [2H]C([2H])([2H])Oc1nc(C2=CC3CN(C(=O)OC(C)(C)C)CC3C2)nc(C)c1F. The molecule has 1 aliphatic heterocycles. The number of carbonyl (C=O) groups excluding carboxylic acids is 1. The van der Waals surface area contributed by atoms with Gasteiger partial charge in [-0.25, -0.2) is 9.78 Å². The number of fused-ring (bicyclic) bond motifs is 1. The number of nitrogens with zero attached hydrogens (tertiary/aromatic N) is 3. The molecule has 3 rings (SSSR count). The number of methoxy groups -OCH3 is 1. The van der Waals surface area contributed by atoms with Crippen LogP contribution in [0.3, 0.4) is 0 Å². The number of aryl methyl sites for hydroxylation is 1. The van der Waals surface area contributed by atoms with E-state index in [0.29, 0.717) is 19.5 Å². The Morgan fingerprint density at radius 1 is 1.40 bits per heavy atom. The van der Waals surface area contributed by atoms with E-state index in [4.69, 9.17) is 8.85 Å². The summed E-state index contributed by atoms with van der Waals surface area (Å²) in [6.45, 7) is 8.00. The number of hydrogen-bond acceptors (Lipinski definition) is 5. The fourth-order valence-corrected chi connectivity index (χ4v) is 3.30. The minimum atomic E-state index is -2.80. The number of likely N-dealkylation sites (tertiary alicyclic amines) is 1. The Bertz CT molecular complexity index is 821. The molecule has 0 aromatic carbocycles. The molecule has 136 valence electrons. The zero-order valence-corrected chi connectivity index (χ0v) is 14.8. The summed E-state index contributed by atoms with van der Waals surface area (Å²) in [6.07, 6.45) is 2.25. The van der Waals surface area contributed by atoms with Crippen LogP contribution in [-0.2, 0) is 4.74 Å². The third-order valence-electron chi connectivity index (χ3n) is 4.41. The second-order valence-corrected chi connectivity index (χ2v) is 7.56. The first-order valence-electron chi connectivity index (χ1n) is 9.74. The van der Waals surface area contributed by atoms with Gasteiger partial charge in [-0.05, 0) is 45.6 Å². The Balaban J connectivity index is 1.76. The van der Waals surface area contributed by atoms with Gasteiger partial charge in [-0.1, -0.05) is 6.08 Å². The lowest BCUT2D eigenvalue weighted by Gasteiger charge is -2.24. The van der Waals surface area contributed by atoms with Crippen molar-refractivity contribution in [1.82, 2.24) is 14.9 Å². The Labute approximate surface area is 151 Å². The van der Waals surface area contributed by atoms with Gasteiger partial charge in [-0.3, -0.25) is 0 Å². The van der Waals surface area contributed by atoms with Gasteiger partial charge in [0.05, 0.1) is 16.8 Å². The molecule has 0 N–H and O–H groups in total. The van der Waals surface area contributed by atoms with Crippen molar-refractivity contribution in [3.63, 3.8) is 0 Å². The highest BCUT2D eigenvalue weighted by Crippen LogP contribution is 2.40. The predicted molar refractivity (Wildman–Crippen MR) is 90.7 cm³/mol. The van der Waals surface area contributed by atoms with Gasteiger partial charge >= 0.3 is 6.09 Å². The molecule has 1 aromatic rings. The van der Waals surface area contributed by atoms with E-state index in [2.05, 4.69) is 14.7 Å². The van der Waals surface area contributed by atoms with E-state index in [-0.39, 0.29) is 29.4 Å². The lowest BCUT2D eigenvalue weighted by Crippen LogP contribution is -2.35. The minimum Gasteiger partial charge on any atom is -0.479 e. The highest BCUT2D eigenvalue weighted by molar-refractivity contribution is 5.70. The highest BCUT2D eigenvalue weighted by atomic mass is 19.1. The largest absolute Gasteiger partial charge is 0.479 e. The Morgan fingerprint density at radius 3 is 2.80 bits per heavy atom. The van der Waals surface area contributed by atoms with Crippen molar-refractivity contribution in [2.75, 3.05) is 20.1 Å². The molecule has 2 heterocycles. The first-order valence-corrected chi connectivity index (χ1v) is 8.24. The number of halogens is 1. The quantitative estimate of drug-likeness (QED) is 0.818. The summed E-state index contributed by atoms with van der Waals surface area (Å²) in [6, 6.07) is 0. The third-order valence-corrected chi connectivity index (χ3v) is 4.41. The molecule has 1 amide bonds. The average Bonchev–Trinajstić information content (AvgIpc) is 3.07. The first-order chi connectivity index (χ1) is 12.8. The molecule has 0 radical (unpaired) electrons. The molecule has 2 atom stereocenters. The molecule has 6 nitrogen and oxygen atoms in total. The van der Waals surface area contributed by atoms with E-state index in [1.807, 2.05) is 26.8 Å². The van der Waals surface area contributed by atoms with Gasteiger partial charge in [0.1, 0.15) is 5.60 Å². The van der Waals surface area contributed by atoms with Crippen LogP contribution in [0.2, 0.25) is 0 Å². The summed E-state index contributed by atoms with van der Waals surface area (Å²) in [4.78, 5) is 22.1. The maximum atomic E-state index is 14.1. The summed E-state index contributed by atoms with van der Waals surface area (Å²) in [5.74, 6) is -0.867. The van der Waals surface area contributed by atoms with Gasteiger partial charge in [0, 0.05) is 19.0 Å². The first kappa shape index (κ1) is 14.0. The molecule has 0 spiro atoms. The standard InChI is InChI=1S/C18H24FN3O3/c1-10-14(19)16(24-5)21-15(20-10)11-6-12-8-22(9-13(12)7-11)17(23)25-18(2,3)4/h6,12-13H,7-9H2,1-5H3/i5D3. The fourth-order valence-electron chi connectivity index (χ4n) is 3.30. The topological polar surface area (TPSA) is 64.5 Å². The zero-order valence-electron chi connectivity index (χ0n) is 17.8. The second kappa shape index (κ2) is 6.28. The van der Waals surface area contributed by atoms with Crippen LogP contribution >= 0.6 is 0 Å². The van der Waals surface area contributed by atoms with Crippen molar-refractivity contribution in [1.29, 1.82) is 0 Å². The van der Waals surface area contributed by atoms with Crippen molar-refractivity contribution in [2.24, 2.45) is 11.8 Å². The number of aromatic nitrogens is 2. The Hall–Kier alpha value is -2.18. The van der Waals surface area contributed by atoms with Gasteiger partial charge in [0.15, 0.2) is 5.82 Å². The Kier molecular flexibility index (Phi) is 3.52.